The Morgan fingerprint density at radius 3 is 1.62 bits per heavy atom. The second kappa shape index (κ2) is 16.2. The number of carbonyl (C=O) groups excluding carboxylic acids is 2. The molecule has 1 atom stereocenters. The Labute approximate surface area is 298 Å². The van der Waals surface area contributed by atoms with Crippen molar-refractivity contribution in [2.24, 2.45) is 0 Å². The summed E-state index contributed by atoms with van der Waals surface area (Å²) in [5, 5.41) is 39.6. The molecule has 6 aromatic carbocycles. The molecule has 0 spiro atoms. The molecule has 10 nitrogen and oxygen atoms in total. The van der Waals surface area contributed by atoms with Crippen LogP contribution < -0.4 is 9.47 Å². The van der Waals surface area contributed by atoms with Crippen molar-refractivity contribution in [3.05, 3.63) is 155 Å². The minimum atomic E-state index is -1.19. The third kappa shape index (κ3) is 8.43. The zero-order chi connectivity index (χ0) is 37.4. The number of hydrogen-bond donors (Lipinski definition) is 4. The van der Waals surface area contributed by atoms with Crippen molar-refractivity contribution in [2.75, 3.05) is 0 Å². The van der Waals surface area contributed by atoms with Crippen LogP contribution in [0.5, 0.6) is 23.0 Å². The highest BCUT2D eigenvalue weighted by molar-refractivity contribution is 6.00. The lowest BCUT2D eigenvalue weighted by Crippen LogP contribution is -2.14. The molecule has 0 fully saturated rings. The van der Waals surface area contributed by atoms with E-state index in [4.69, 9.17) is 9.47 Å². The minimum absolute atomic E-state index is 0.0179. The highest BCUT2D eigenvalue weighted by Gasteiger charge is 2.23. The molecule has 0 saturated heterocycles. The molecule has 262 valence electrons. The number of phenolic OH excluding ortho intramolecular Hbond substituents is 2. The highest BCUT2D eigenvalue weighted by atomic mass is 16.5. The molecule has 0 amide bonds. The van der Waals surface area contributed by atoms with Gasteiger partial charge in [0, 0.05) is 5.56 Å². The summed E-state index contributed by atoms with van der Waals surface area (Å²) in [4.78, 5) is 48.0. The van der Waals surface area contributed by atoms with Crippen LogP contribution in [0.1, 0.15) is 73.2 Å². The summed E-state index contributed by atoms with van der Waals surface area (Å²) in [5.74, 6) is -3.55. The van der Waals surface area contributed by atoms with Crippen LogP contribution in [0.4, 0.5) is 0 Å². The van der Waals surface area contributed by atoms with E-state index in [1.807, 2.05) is 56.3 Å². The first-order valence-corrected chi connectivity index (χ1v) is 16.2. The lowest BCUT2D eigenvalue weighted by molar-refractivity contribution is 0.0661. The molecule has 0 aliphatic rings. The molecule has 0 bridgehead atoms. The van der Waals surface area contributed by atoms with E-state index in [2.05, 4.69) is 0 Å². The van der Waals surface area contributed by atoms with E-state index >= 15 is 0 Å². The van der Waals surface area contributed by atoms with E-state index in [0.717, 1.165) is 22.8 Å². The number of aromatic hydroxyl groups is 2. The van der Waals surface area contributed by atoms with Gasteiger partial charge in [-0.15, -0.1) is 0 Å². The average Bonchev–Trinajstić information content (AvgIpc) is 3.15. The molecule has 0 radical (unpaired) electrons. The minimum Gasteiger partial charge on any atom is -0.508 e. The van der Waals surface area contributed by atoms with Gasteiger partial charge in [0.15, 0.2) is 5.75 Å². The first-order valence-electron chi connectivity index (χ1n) is 16.2. The summed E-state index contributed by atoms with van der Waals surface area (Å²) in [6.45, 7) is 3.92. The number of para-hydroxylation sites is 2. The zero-order valence-corrected chi connectivity index (χ0v) is 28.1. The molecule has 0 aliphatic carbocycles. The lowest BCUT2D eigenvalue weighted by atomic mass is 9.95. The maximum Gasteiger partial charge on any atom is 0.343 e. The monoisotopic (exact) mass is 698 g/mol. The summed E-state index contributed by atoms with van der Waals surface area (Å²) in [7, 11) is 0. The molecule has 0 heterocycles. The number of carboxylic acids is 2. The van der Waals surface area contributed by atoms with Crippen molar-refractivity contribution >= 4 is 34.6 Å². The van der Waals surface area contributed by atoms with Crippen LogP contribution in [0.2, 0.25) is 0 Å². The number of benzene rings is 6. The first-order chi connectivity index (χ1) is 25.0. The highest BCUT2D eigenvalue weighted by Crippen LogP contribution is 2.36. The molecule has 52 heavy (non-hydrogen) atoms. The van der Waals surface area contributed by atoms with Gasteiger partial charge in [-0.3, -0.25) is 0 Å². The topological polar surface area (TPSA) is 168 Å². The van der Waals surface area contributed by atoms with Crippen LogP contribution in [-0.4, -0.2) is 44.3 Å². The van der Waals surface area contributed by atoms with Crippen LogP contribution in [0.3, 0.4) is 0 Å². The standard InChI is InChI=1S/C24H16O5.C18H18O5/c25-19-12-10-16(11-13-19)24(28)29-22-20(6-3-7-21(22)23(26)27)18-9-8-15-4-1-2-5-17(15)14-18;1-3-11(2)14-5-4-6-15(17(20)21)16(14)23-18(22)12-7-9-13(19)10-8-12/h1-14,25H,(H,26,27);4-11,19H,3H2,1-2H3,(H,20,21). The van der Waals surface area contributed by atoms with Gasteiger partial charge in [0.25, 0.3) is 0 Å². The molecule has 1 unspecified atom stereocenters. The maximum absolute atomic E-state index is 12.6. The molecule has 0 aromatic heterocycles. The Kier molecular flexibility index (Phi) is 11.3. The summed E-state index contributed by atoms with van der Waals surface area (Å²) in [6, 6.07) is 34.2. The zero-order valence-electron chi connectivity index (χ0n) is 28.1. The number of ether oxygens (including phenoxy) is 2. The second-order valence-electron chi connectivity index (χ2n) is 11.8. The Morgan fingerprint density at radius 2 is 1.08 bits per heavy atom. The third-order valence-corrected chi connectivity index (χ3v) is 8.32. The van der Waals surface area contributed by atoms with E-state index in [0.29, 0.717) is 11.1 Å². The largest absolute Gasteiger partial charge is 0.508 e. The molecule has 0 saturated carbocycles. The number of aromatic carboxylic acids is 2. The fourth-order valence-corrected chi connectivity index (χ4v) is 5.34. The van der Waals surface area contributed by atoms with Gasteiger partial charge in [-0.05, 0) is 101 Å². The quantitative estimate of drug-likeness (QED) is 0.0845. The van der Waals surface area contributed by atoms with E-state index in [1.54, 1.807) is 24.3 Å². The number of carbonyl (C=O) groups is 4. The third-order valence-electron chi connectivity index (χ3n) is 8.32. The van der Waals surface area contributed by atoms with Crippen molar-refractivity contribution in [3.63, 3.8) is 0 Å². The van der Waals surface area contributed by atoms with Gasteiger partial charge < -0.3 is 29.9 Å². The number of hydrogen-bond acceptors (Lipinski definition) is 8. The van der Waals surface area contributed by atoms with E-state index in [-0.39, 0.29) is 51.2 Å². The second-order valence-corrected chi connectivity index (χ2v) is 11.8. The number of phenols is 2. The van der Waals surface area contributed by atoms with Crippen molar-refractivity contribution in [3.8, 4) is 34.1 Å². The summed E-state index contributed by atoms with van der Waals surface area (Å²) >= 11 is 0. The Hall–Kier alpha value is -6.94. The van der Waals surface area contributed by atoms with Crippen LogP contribution in [0, 0.1) is 0 Å². The fraction of sp³-hybridized carbons (Fsp3) is 0.0952. The SMILES string of the molecule is CCC(C)c1cccc(C(=O)O)c1OC(=O)c1ccc(O)cc1.O=C(Oc1c(C(=O)O)cccc1-c1ccc2ccccc2c1)c1ccc(O)cc1. The van der Waals surface area contributed by atoms with E-state index in [9.17, 15) is 39.6 Å². The van der Waals surface area contributed by atoms with Gasteiger partial charge in [-0.2, -0.15) is 0 Å². The summed E-state index contributed by atoms with van der Waals surface area (Å²) in [5.41, 5.74) is 2.20. The summed E-state index contributed by atoms with van der Waals surface area (Å²) in [6.07, 6.45) is 0.785. The molecule has 10 heteroatoms. The van der Waals surface area contributed by atoms with Gasteiger partial charge in [0.1, 0.15) is 28.4 Å². The summed E-state index contributed by atoms with van der Waals surface area (Å²) < 4.78 is 10.9. The van der Waals surface area contributed by atoms with E-state index in [1.165, 1.54) is 60.7 Å². The first kappa shape index (κ1) is 36.3. The molecule has 0 aliphatic heterocycles. The van der Waals surface area contributed by atoms with Crippen molar-refractivity contribution in [2.45, 2.75) is 26.2 Å². The van der Waals surface area contributed by atoms with Crippen LogP contribution >= 0.6 is 0 Å². The van der Waals surface area contributed by atoms with Gasteiger partial charge in [0.2, 0.25) is 0 Å². The molecule has 6 aromatic rings. The normalized spacial score (nSPS) is 11.1. The van der Waals surface area contributed by atoms with Crippen molar-refractivity contribution < 1.29 is 49.1 Å². The van der Waals surface area contributed by atoms with Gasteiger partial charge in [0.05, 0.1) is 11.1 Å². The van der Waals surface area contributed by atoms with Crippen LogP contribution in [0.15, 0.2) is 127 Å². The fourth-order valence-electron chi connectivity index (χ4n) is 5.34. The van der Waals surface area contributed by atoms with Crippen molar-refractivity contribution in [1.29, 1.82) is 0 Å². The maximum atomic E-state index is 12.6. The predicted molar refractivity (Wildman–Crippen MR) is 195 cm³/mol. The molecule has 4 N–H and O–H groups in total. The molecular weight excluding hydrogens is 664 g/mol. The van der Waals surface area contributed by atoms with Crippen LogP contribution in [-0.2, 0) is 0 Å². The Morgan fingerprint density at radius 1 is 0.577 bits per heavy atom. The number of fused-ring (bicyclic) bond motifs is 1. The molecular formula is C42H34O10. The van der Waals surface area contributed by atoms with Crippen molar-refractivity contribution in [1.82, 2.24) is 0 Å². The van der Waals surface area contributed by atoms with E-state index < -0.39 is 23.9 Å². The van der Waals surface area contributed by atoms with Gasteiger partial charge in [-0.25, -0.2) is 19.2 Å². The Balaban J connectivity index is 0.000000207. The predicted octanol–water partition coefficient (Wildman–Crippen LogP) is 8.95. The van der Waals surface area contributed by atoms with Gasteiger partial charge >= 0.3 is 23.9 Å². The lowest BCUT2D eigenvalue weighted by Gasteiger charge is -2.16. The number of esters is 2. The molecule has 6 rings (SSSR count). The number of carboxylic acid groups (broad SMARTS) is 2. The Bertz CT molecular complexity index is 2260. The number of rotatable bonds is 9. The average molecular weight is 699 g/mol. The van der Waals surface area contributed by atoms with Crippen LogP contribution in [0.25, 0.3) is 21.9 Å². The smallest absolute Gasteiger partial charge is 0.343 e. The van der Waals surface area contributed by atoms with Gasteiger partial charge in [-0.1, -0.05) is 74.5 Å².